The molecule has 27 heavy (non-hydrogen) atoms. The summed E-state index contributed by atoms with van der Waals surface area (Å²) in [5.41, 5.74) is 7.82. The van der Waals surface area contributed by atoms with E-state index in [2.05, 4.69) is 42.3 Å². The second-order valence-corrected chi connectivity index (χ2v) is 8.95. The van der Waals surface area contributed by atoms with E-state index >= 15 is 0 Å². The number of hydrogen-bond acceptors (Lipinski definition) is 4. The molecule has 3 aromatic rings. The topological polar surface area (TPSA) is 42.0 Å². The second-order valence-electron chi connectivity index (χ2n) is 6.87. The Balaban J connectivity index is 1.58. The fraction of sp³-hybridized carbons (Fsp3) is 0.273. The number of aryl methyl sites for hydroxylation is 4. The van der Waals surface area contributed by atoms with E-state index in [-0.39, 0.29) is 5.91 Å². The Kier molecular flexibility index (Phi) is 6.34. The minimum atomic E-state index is -0.0277. The maximum absolute atomic E-state index is 12.4. The van der Waals surface area contributed by atoms with E-state index in [9.17, 15) is 4.79 Å². The molecule has 3 nitrogen and oxygen atoms in total. The lowest BCUT2D eigenvalue weighted by Crippen LogP contribution is -2.15. The summed E-state index contributed by atoms with van der Waals surface area (Å²) in [6.45, 7) is 8.28. The maximum atomic E-state index is 12.4. The first-order valence-electron chi connectivity index (χ1n) is 8.91. The van der Waals surface area contributed by atoms with Gasteiger partial charge in [0, 0.05) is 16.8 Å². The monoisotopic (exact) mass is 396 g/mol. The van der Waals surface area contributed by atoms with Crippen molar-refractivity contribution in [1.82, 2.24) is 4.98 Å². The summed E-state index contributed by atoms with van der Waals surface area (Å²) in [7, 11) is 0. The zero-order valence-corrected chi connectivity index (χ0v) is 17.8. The molecule has 0 saturated heterocycles. The molecule has 1 heterocycles. The number of benzene rings is 2. The molecule has 0 radical (unpaired) electrons. The summed E-state index contributed by atoms with van der Waals surface area (Å²) in [5, 5.41) is 4.98. The maximum Gasteiger partial charge on any atom is 0.230 e. The van der Waals surface area contributed by atoms with Crippen molar-refractivity contribution in [3.05, 3.63) is 75.3 Å². The number of nitrogens with one attached hydrogen (secondary N) is 1. The van der Waals surface area contributed by atoms with Gasteiger partial charge in [0.05, 0.1) is 12.1 Å². The molecule has 0 fully saturated rings. The van der Waals surface area contributed by atoms with Gasteiger partial charge in [0.25, 0.3) is 0 Å². The SMILES string of the molecule is Cc1ccc(C)c(CSc2nc(CC(=O)Nc3cc(C)ccc3C)cs2)c1. The van der Waals surface area contributed by atoms with Crippen molar-refractivity contribution in [3.8, 4) is 0 Å². The van der Waals surface area contributed by atoms with Crippen molar-refractivity contribution >= 4 is 34.7 Å². The number of carbonyl (C=O) groups is 1. The Morgan fingerprint density at radius 3 is 2.52 bits per heavy atom. The molecule has 0 saturated carbocycles. The first-order valence-corrected chi connectivity index (χ1v) is 10.8. The normalized spacial score (nSPS) is 10.8. The number of thioether (sulfide) groups is 1. The third-order valence-corrected chi connectivity index (χ3v) is 6.51. The number of nitrogens with zero attached hydrogens (tertiary/aromatic N) is 1. The van der Waals surface area contributed by atoms with Crippen LogP contribution in [-0.2, 0) is 17.0 Å². The highest BCUT2D eigenvalue weighted by Crippen LogP contribution is 2.28. The van der Waals surface area contributed by atoms with Crippen molar-refractivity contribution in [2.24, 2.45) is 0 Å². The van der Waals surface area contributed by atoms with Crippen molar-refractivity contribution in [1.29, 1.82) is 0 Å². The van der Waals surface area contributed by atoms with Crippen molar-refractivity contribution < 1.29 is 4.79 Å². The Morgan fingerprint density at radius 1 is 1.04 bits per heavy atom. The molecule has 5 heteroatoms. The summed E-state index contributed by atoms with van der Waals surface area (Å²) in [6, 6.07) is 12.6. The number of rotatable bonds is 6. The van der Waals surface area contributed by atoms with E-state index in [0.717, 1.165) is 32.6 Å². The molecule has 2 aromatic carbocycles. The van der Waals surface area contributed by atoms with Gasteiger partial charge >= 0.3 is 0 Å². The van der Waals surface area contributed by atoms with Crippen LogP contribution in [0.2, 0.25) is 0 Å². The number of carbonyl (C=O) groups excluding carboxylic acids is 1. The van der Waals surface area contributed by atoms with Crippen LogP contribution in [0.3, 0.4) is 0 Å². The Hall–Kier alpha value is -2.11. The van der Waals surface area contributed by atoms with Gasteiger partial charge in [-0.3, -0.25) is 4.79 Å². The van der Waals surface area contributed by atoms with E-state index in [1.54, 1.807) is 23.1 Å². The first-order chi connectivity index (χ1) is 12.9. The Morgan fingerprint density at radius 2 is 1.74 bits per heavy atom. The number of amides is 1. The van der Waals surface area contributed by atoms with Crippen LogP contribution in [0.5, 0.6) is 0 Å². The van der Waals surface area contributed by atoms with Crippen LogP contribution in [0.25, 0.3) is 0 Å². The van der Waals surface area contributed by atoms with Crippen LogP contribution in [0.4, 0.5) is 5.69 Å². The molecule has 140 valence electrons. The van der Waals surface area contributed by atoms with Crippen LogP contribution < -0.4 is 5.32 Å². The molecular weight excluding hydrogens is 372 g/mol. The van der Waals surface area contributed by atoms with Crippen molar-refractivity contribution in [2.45, 2.75) is 44.2 Å². The van der Waals surface area contributed by atoms with E-state index in [1.807, 2.05) is 37.4 Å². The molecule has 1 N–H and O–H groups in total. The van der Waals surface area contributed by atoms with E-state index in [0.29, 0.717) is 6.42 Å². The first kappa shape index (κ1) is 19.6. The zero-order valence-electron chi connectivity index (χ0n) is 16.1. The second kappa shape index (κ2) is 8.72. The lowest BCUT2D eigenvalue weighted by atomic mass is 10.1. The molecule has 3 rings (SSSR count). The van der Waals surface area contributed by atoms with Gasteiger partial charge in [0.15, 0.2) is 0 Å². The zero-order chi connectivity index (χ0) is 19.4. The van der Waals surface area contributed by atoms with Crippen molar-refractivity contribution in [2.75, 3.05) is 5.32 Å². The van der Waals surface area contributed by atoms with Crippen molar-refractivity contribution in [3.63, 3.8) is 0 Å². The molecule has 0 bridgehead atoms. The van der Waals surface area contributed by atoms with E-state index in [1.165, 1.54) is 16.7 Å². The fourth-order valence-electron chi connectivity index (χ4n) is 2.76. The summed E-state index contributed by atoms with van der Waals surface area (Å²) in [5.74, 6) is 0.870. The number of aromatic nitrogens is 1. The van der Waals surface area contributed by atoms with Gasteiger partial charge in [-0.1, -0.05) is 47.7 Å². The standard InChI is InChI=1S/C22H24N2OS2/c1-14-5-7-16(3)18(9-14)12-26-22-23-19(13-27-22)11-21(25)24-20-10-15(2)6-8-17(20)4/h5-10,13H,11-12H2,1-4H3,(H,24,25). The van der Waals surface area contributed by atoms with Crippen LogP contribution in [0.1, 0.15) is 33.5 Å². The molecule has 0 aliphatic carbocycles. The predicted molar refractivity (Wildman–Crippen MR) is 116 cm³/mol. The van der Waals surface area contributed by atoms with Crippen LogP contribution >= 0.6 is 23.1 Å². The molecule has 0 aliphatic rings. The summed E-state index contributed by atoms with van der Waals surface area (Å²) in [4.78, 5) is 17.0. The average molecular weight is 397 g/mol. The fourth-order valence-corrected chi connectivity index (χ4v) is 4.67. The molecule has 1 amide bonds. The van der Waals surface area contributed by atoms with E-state index in [4.69, 9.17) is 0 Å². The van der Waals surface area contributed by atoms with Gasteiger partial charge in [-0.2, -0.15) is 0 Å². The molecule has 0 aliphatic heterocycles. The van der Waals surface area contributed by atoms with E-state index < -0.39 is 0 Å². The summed E-state index contributed by atoms with van der Waals surface area (Å²) >= 11 is 3.33. The highest BCUT2D eigenvalue weighted by molar-refractivity contribution is 8.00. The molecule has 0 atom stereocenters. The number of anilines is 1. The summed E-state index contributed by atoms with van der Waals surface area (Å²) < 4.78 is 1.01. The molecule has 1 aromatic heterocycles. The molecular formula is C22H24N2OS2. The largest absolute Gasteiger partial charge is 0.325 e. The molecule has 0 unspecified atom stereocenters. The number of hydrogen-bond donors (Lipinski definition) is 1. The third kappa shape index (κ3) is 5.44. The third-order valence-electron chi connectivity index (χ3n) is 4.40. The van der Waals surface area contributed by atoms with Gasteiger partial charge in [0.2, 0.25) is 5.91 Å². The minimum Gasteiger partial charge on any atom is -0.325 e. The van der Waals surface area contributed by atoms with Crippen LogP contribution in [-0.4, -0.2) is 10.9 Å². The van der Waals surface area contributed by atoms with Gasteiger partial charge in [-0.25, -0.2) is 4.98 Å². The van der Waals surface area contributed by atoms with Gasteiger partial charge in [-0.05, 0) is 56.0 Å². The van der Waals surface area contributed by atoms with Gasteiger partial charge in [-0.15, -0.1) is 11.3 Å². The lowest BCUT2D eigenvalue weighted by Gasteiger charge is -2.08. The highest BCUT2D eigenvalue weighted by Gasteiger charge is 2.10. The minimum absolute atomic E-state index is 0.0277. The highest BCUT2D eigenvalue weighted by atomic mass is 32.2. The quantitative estimate of drug-likeness (QED) is 0.531. The lowest BCUT2D eigenvalue weighted by molar-refractivity contribution is -0.115. The van der Waals surface area contributed by atoms with Crippen LogP contribution in [0, 0.1) is 27.7 Å². The number of thiazole rings is 1. The Bertz CT molecular complexity index is 963. The van der Waals surface area contributed by atoms with Gasteiger partial charge in [0.1, 0.15) is 4.34 Å². The van der Waals surface area contributed by atoms with Gasteiger partial charge < -0.3 is 5.32 Å². The average Bonchev–Trinajstić information content (AvgIpc) is 3.06. The molecule has 0 spiro atoms. The van der Waals surface area contributed by atoms with Crippen LogP contribution in [0.15, 0.2) is 46.1 Å². The smallest absolute Gasteiger partial charge is 0.230 e. The Labute approximate surface area is 169 Å². The predicted octanol–water partition coefficient (Wildman–Crippen LogP) is 5.85. The summed E-state index contributed by atoms with van der Waals surface area (Å²) in [6.07, 6.45) is 0.300.